The third-order valence-electron chi connectivity index (χ3n) is 2.78. The van der Waals surface area contributed by atoms with E-state index in [1.54, 1.807) is 0 Å². The molecular weight excluding hydrogens is 266 g/mol. The minimum atomic E-state index is -4.41. The molecule has 0 aliphatic rings. The van der Waals surface area contributed by atoms with Crippen molar-refractivity contribution in [2.24, 2.45) is 7.05 Å². The number of hydrogen-bond acceptors (Lipinski definition) is 4. The molecule has 0 fully saturated rings. The molecule has 1 aromatic heterocycles. The van der Waals surface area contributed by atoms with Crippen LogP contribution in [0.1, 0.15) is 11.3 Å². The molecule has 0 spiro atoms. The Balaban J connectivity index is 0.000000258. The van der Waals surface area contributed by atoms with Gasteiger partial charge in [-0.1, -0.05) is 11.6 Å². The van der Waals surface area contributed by atoms with Gasteiger partial charge in [0.05, 0.1) is 7.11 Å². The van der Waals surface area contributed by atoms with E-state index in [1.165, 1.54) is 22.2 Å². The molecule has 19 heavy (non-hydrogen) atoms. The molecule has 0 radical (unpaired) electrons. The predicted molar refractivity (Wildman–Crippen MR) is 71.3 cm³/mol. The quantitative estimate of drug-likeness (QED) is 0.450. The lowest BCUT2D eigenvalue weighted by Gasteiger charge is -2.00. The number of aryl methyl sites for hydroxylation is 3. The van der Waals surface area contributed by atoms with Crippen LogP contribution < -0.4 is 4.57 Å². The Bertz CT molecular complexity index is 680. The van der Waals surface area contributed by atoms with Gasteiger partial charge in [-0.25, -0.2) is 8.42 Å². The fraction of sp³-hybridized carbons (Fsp3) is 0.308. The van der Waals surface area contributed by atoms with Crippen molar-refractivity contribution in [2.75, 3.05) is 7.11 Å². The Hall–Kier alpha value is -1.50. The van der Waals surface area contributed by atoms with Crippen LogP contribution in [-0.2, 0) is 21.6 Å². The molecule has 0 N–H and O–H groups in total. The second-order valence-electron chi connectivity index (χ2n) is 4.17. The van der Waals surface area contributed by atoms with Crippen LogP contribution in [0, 0.1) is 13.8 Å². The Morgan fingerprint density at radius 1 is 1.16 bits per heavy atom. The highest BCUT2D eigenvalue weighted by Crippen LogP contribution is 2.12. The molecule has 0 amide bonds. The number of fused-ring (bicyclic) bond motifs is 1. The number of aromatic nitrogens is 1. The third kappa shape index (κ3) is 4.59. The fourth-order valence-electron chi connectivity index (χ4n) is 1.63. The minimum Gasteiger partial charge on any atom is -0.726 e. The zero-order chi connectivity index (χ0) is 14.6. The van der Waals surface area contributed by atoms with Gasteiger partial charge in [0.25, 0.3) is 0 Å². The number of rotatable bonds is 1. The monoisotopic (exact) mass is 283 g/mol. The van der Waals surface area contributed by atoms with Crippen LogP contribution in [0.4, 0.5) is 0 Å². The zero-order valence-electron chi connectivity index (χ0n) is 11.4. The molecule has 0 saturated carbocycles. The van der Waals surface area contributed by atoms with Crippen LogP contribution in [0.5, 0.6) is 0 Å². The predicted octanol–water partition coefficient (Wildman–Crippen LogP) is 1.37. The van der Waals surface area contributed by atoms with Gasteiger partial charge >= 0.3 is 0 Å². The van der Waals surface area contributed by atoms with E-state index in [4.69, 9.17) is 0 Å². The van der Waals surface area contributed by atoms with E-state index in [1.807, 2.05) is 0 Å². The molecule has 5 nitrogen and oxygen atoms in total. The standard InChI is InChI=1S/C12H14N.CH4O4S/c1-9-4-7-12-11(8-9)6-5-10(2)13(12)3;1-5-6(2,3)4/h4-8H,1-3H3;1H3,(H,2,3,4)/q+1;/p-1. The summed E-state index contributed by atoms with van der Waals surface area (Å²) >= 11 is 0. The number of benzene rings is 1. The van der Waals surface area contributed by atoms with Gasteiger partial charge in [0, 0.05) is 24.4 Å². The first-order chi connectivity index (χ1) is 8.74. The summed E-state index contributed by atoms with van der Waals surface area (Å²) in [7, 11) is -1.50. The Morgan fingerprint density at radius 3 is 2.26 bits per heavy atom. The Labute approximate surface area is 113 Å². The average Bonchev–Trinajstić information content (AvgIpc) is 2.34. The van der Waals surface area contributed by atoms with Crippen molar-refractivity contribution in [1.82, 2.24) is 0 Å². The fourth-order valence-corrected chi connectivity index (χ4v) is 1.63. The summed E-state index contributed by atoms with van der Waals surface area (Å²) in [6.45, 7) is 4.25. The first-order valence-electron chi connectivity index (χ1n) is 5.62. The highest BCUT2D eigenvalue weighted by atomic mass is 32.3. The van der Waals surface area contributed by atoms with E-state index in [-0.39, 0.29) is 0 Å². The lowest BCUT2D eigenvalue weighted by atomic mass is 10.1. The maximum Gasteiger partial charge on any atom is 0.217 e. The lowest BCUT2D eigenvalue weighted by Crippen LogP contribution is -2.32. The number of pyridine rings is 1. The second kappa shape index (κ2) is 6.10. The van der Waals surface area contributed by atoms with Crippen LogP contribution in [0.3, 0.4) is 0 Å². The van der Waals surface area contributed by atoms with Crippen LogP contribution in [0.25, 0.3) is 10.9 Å². The maximum atomic E-state index is 9.22. The van der Waals surface area contributed by atoms with Crippen molar-refractivity contribution in [3.63, 3.8) is 0 Å². The van der Waals surface area contributed by atoms with Gasteiger partial charge in [-0.05, 0) is 19.1 Å². The summed E-state index contributed by atoms with van der Waals surface area (Å²) in [5.41, 5.74) is 3.90. The van der Waals surface area contributed by atoms with Crippen LogP contribution >= 0.6 is 0 Å². The van der Waals surface area contributed by atoms with Crippen molar-refractivity contribution in [1.29, 1.82) is 0 Å². The van der Waals surface area contributed by atoms with E-state index >= 15 is 0 Å². The minimum absolute atomic E-state index is 0.808. The van der Waals surface area contributed by atoms with Crippen LogP contribution in [0.2, 0.25) is 0 Å². The molecule has 1 aromatic carbocycles. The molecule has 104 valence electrons. The number of nitrogens with zero attached hydrogens (tertiary/aromatic N) is 1. The molecule has 0 aliphatic carbocycles. The van der Waals surface area contributed by atoms with Gasteiger partial charge < -0.3 is 4.55 Å². The first kappa shape index (κ1) is 15.6. The largest absolute Gasteiger partial charge is 0.726 e. The van der Waals surface area contributed by atoms with Crippen molar-refractivity contribution in [3.05, 3.63) is 41.6 Å². The highest BCUT2D eigenvalue weighted by molar-refractivity contribution is 7.80. The van der Waals surface area contributed by atoms with Crippen molar-refractivity contribution < 1.29 is 21.7 Å². The van der Waals surface area contributed by atoms with Gasteiger partial charge in [0.15, 0.2) is 5.69 Å². The van der Waals surface area contributed by atoms with Crippen LogP contribution in [0.15, 0.2) is 30.3 Å². The van der Waals surface area contributed by atoms with E-state index in [0.29, 0.717) is 0 Å². The number of hydrogen-bond donors (Lipinski definition) is 0. The maximum absolute atomic E-state index is 9.22. The molecule has 6 heteroatoms. The topological polar surface area (TPSA) is 70.3 Å². The summed E-state index contributed by atoms with van der Waals surface area (Å²) in [5, 5.41) is 1.31. The van der Waals surface area contributed by atoms with Gasteiger partial charge in [0.1, 0.15) is 7.05 Å². The van der Waals surface area contributed by atoms with E-state index < -0.39 is 10.4 Å². The summed E-state index contributed by atoms with van der Waals surface area (Å²) < 4.78 is 33.2. The average molecular weight is 283 g/mol. The molecule has 2 aromatic rings. The summed E-state index contributed by atoms with van der Waals surface area (Å²) in [6, 6.07) is 10.9. The van der Waals surface area contributed by atoms with Crippen molar-refractivity contribution in [3.8, 4) is 0 Å². The smallest absolute Gasteiger partial charge is 0.217 e. The molecular formula is C13H17NO4S. The molecule has 1 heterocycles. The SMILES string of the molecule is COS(=O)(=O)[O-].Cc1ccc2c(ccc(C)[n+]2C)c1. The van der Waals surface area contributed by atoms with Crippen molar-refractivity contribution >= 4 is 21.3 Å². The van der Waals surface area contributed by atoms with Gasteiger partial charge in [-0.15, -0.1) is 0 Å². The third-order valence-corrected chi connectivity index (χ3v) is 3.19. The highest BCUT2D eigenvalue weighted by Gasteiger charge is 2.06. The van der Waals surface area contributed by atoms with Gasteiger partial charge in [-0.2, -0.15) is 4.57 Å². The van der Waals surface area contributed by atoms with E-state index in [2.05, 4.69) is 60.0 Å². The Kier molecular flexibility index (Phi) is 4.99. The summed E-state index contributed by atoms with van der Waals surface area (Å²) in [4.78, 5) is 0. The molecule has 0 atom stereocenters. The van der Waals surface area contributed by atoms with Gasteiger partial charge in [-0.3, -0.25) is 4.18 Å². The second-order valence-corrected chi connectivity index (χ2v) is 5.32. The summed E-state index contributed by atoms with van der Waals surface area (Å²) in [5.74, 6) is 0. The molecule has 0 aliphatic heterocycles. The summed E-state index contributed by atoms with van der Waals surface area (Å²) in [6.07, 6.45) is 0. The van der Waals surface area contributed by atoms with E-state index in [0.717, 1.165) is 7.11 Å². The van der Waals surface area contributed by atoms with E-state index in [9.17, 15) is 13.0 Å². The first-order valence-corrected chi connectivity index (χ1v) is 6.95. The Morgan fingerprint density at radius 2 is 1.74 bits per heavy atom. The van der Waals surface area contributed by atoms with Crippen LogP contribution in [-0.4, -0.2) is 20.1 Å². The van der Waals surface area contributed by atoms with Gasteiger partial charge in [0.2, 0.25) is 15.9 Å². The zero-order valence-corrected chi connectivity index (χ0v) is 12.2. The molecule has 0 bridgehead atoms. The molecule has 0 unspecified atom stereocenters. The molecule has 2 rings (SSSR count). The molecule has 0 saturated heterocycles. The normalized spacial score (nSPS) is 11.0. The van der Waals surface area contributed by atoms with Crippen molar-refractivity contribution in [2.45, 2.75) is 13.8 Å². The lowest BCUT2D eigenvalue weighted by molar-refractivity contribution is -0.651.